The number of rotatable bonds is 7. The molecule has 9 nitrogen and oxygen atoms in total. The van der Waals surface area contributed by atoms with E-state index in [4.69, 9.17) is 4.74 Å². The predicted octanol–water partition coefficient (Wildman–Crippen LogP) is 1.40. The topological polar surface area (TPSA) is 118 Å². The first kappa shape index (κ1) is 22.9. The maximum absolute atomic E-state index is 12.8. The second kappa shape index (κ2) is 8.93. The van der Waals surface area contributed by atoms with Gasteiger partial charge in [0.05, 0.1) is 11.5 Å². The number of benzene rings is 2. The number of likely N-dealkylation sites (N-methyl/N-ethyl adjacent to an activating group) is 1. The van der Waals surface area contributed by atoms with Gasteiger partial charge in [0.1, 0.15) is 0 Å². The van der Waals surface area contributed by atoms with Crippen LogP contribution in [0.5, 0.6) is 0 Å². The Labute approximate surface area is 191 Å². The van der Waals surface area contributed by atoms with Gasteiger partial charge >= 0.3 is 5.97 Å². The van der Waals surface area contributed by atoms with Crippen molar-refractivity contribution in [3.63, 3.8) is 0 Å². The van der Waals surface area contributed by atoms with E-state index in [0.29, 0.717) is 22.9 Å². The highest BCUT2D eigenvalue weighted by molar-refractivity contribution is 7.91. The molecule has 33 heavy (non-hydrogen) atoms. The van der Waals surface area contributed by atoms with Crippen LogP contribution in [0.4, 0.5) is 0 Å². The lowest BCUT2D eigenvalue weighted by molar-refractivity contribution is -0.152. The summed E-state index contributed by atoms with van der Waals surface area (Å²) in [6, 6.07) is 10.2. The standard InChI is InChI=1S/C23H24N2O7S/c1-24(16-10-12-33(30,31)14-16)19(26)13-32-20(27)9-4-11-25-22(28)17-7-2-5-15-6-3-8-18(21(15)17)23(25)29/h2-3,5-8,16H,4,9-14H2,1H3. The van der Waals surface area contributed by atoms with Crippen LogP contribution in [-0.4, -0.2) is 79.7 Å². The molecule has 0 spiro atoms. The summed E-state index contributed by atoms with van der Waals surface area (Å²) in [7, 11) is -1.64. The zero-order chi connectivity index (χ0) is 23.8. The largest absolute Gasteiger partial charge is 0.456 e. The first-order valence-electron chi connectivity index (χ1n) is 10.7. The minimum absolute atomic E-state index is 0.0436. The van der Waals surface area contributed by atoms with Gasteiger partial charge in [-0.1, -0.05) is 24.3 Å². The number of carbonyl (C=O) groups excluding carboxylic acids is 4. The number of sulfone groups is 1. The molecule has 0 radical (unpaired) electrons. The first-order chi connectivity index (χ1) is 15.7. The van der Waals surface area contributed by atoms with E-state index < -0.39 is 46.2 Å². The smallest absolute Gasteiger partial charge is 0.306 e. The molecule has 0 saturated carbocycles. The van der Waals surface area contributed by atoms with E-state index in [1.807, 2.05) is 12.1 Å². The molecule has 2 aromatic carbocycles. The van der Waals surface area contributed by atoms with E-state index in [1.165, 1.54) is 11.9 Å². The molecule has 2 aliphatic rings. The quantitative estimate of drug-likeness (QED) is 0.442. The molecule has 1 atom stereocenters. The molecule has 0 N–H and O–H groups in total. The summed E-state index contributed by atoms with van der Waals surface area (Å²) < 4.78 is 28.2. The van der Waals surface area contributed by atoms with Crippen molar-refractivity contribution in [2.45, 2.75) is 25.3 Å². The summed E-state index contributed by atoms with van der Waals surface area (Å²) in [5, 5.41) is 1.46. The lowest BCUT2D eigenvalue weighted by atomic mass is 9.94. The van der Waals surface area contributed by atoms with E-state index in [9.17, 15) is 27.6 Å². The minimum Gasteiger partial charge on any atom is -0.456 e. The average molecular weight is 473 g/mol. The van der Waals surface area contributed by atoms with Crippen molar-refractivity contribution in [1.82, 2.24) is 9.80 Å². The van der Waals surface area contributed by atoms with Gasteiger partial charge < -0.3 is 9.64 Å². The Balaban J connectivity index is 1.28. The van der Waals surface area contributed by atoms with Crippen molar-refractivity contribution >= 4 is 44.3 Å². The lowest BCUT2D eigenvalue weighted by Gasteiger charge is -2.27. The fourth-order valence-electron chi connectivity index (χ4n) is 4.27. The summed E-state index contributed by atoms with van der Waals surface area (Å²) in [6.45, 7) is -0.436. The van der Waals surface area contributed by atoms with E-state index in [-0.39, 0.29) is 30.9 Å². The molecule has 2 aromatic rings. The molecule has 1 unspecified atom stereocenters. The zero-order valence-electron chi connectivity index (χ0n) is 18.2. The van der Waals surface area contributed by atoms with Gasteiger partial charge in [-0.2, -0.15) is 0 Å². The van der Waals surface area contributed by atoms with Crippen LogP contribution in [0.25, 0.3) is 10.8 Å². The van der Waals surface area contributed by atoms with Gasteiger partial charge in [-0.25, -0.2) is 8.42 Å². The second-order valence-corrected chi connectivity index (χ2v) is 10.5. The van der Waals surface area contributed by atoms with Crippen LogP contribution in [-0.2, 0) is 24.2 Å². The number of hydrogen-bond donors (Lipinski definition) is 0. The lowest BCUT2D eigenvalue weighted by Crippen LogP contribution is -2.41. The number of carbonyl (C=O) groups is 4. The Morgan fingerprint density at radius 1 is 1.09 bits per heavy atom. The highest BCUT2D eigenvalue weighted by atomic mass is 32.2. The van der Waals surface area contributed by atoms with Crippen LogP contribution in [0.1, 0.15) is 40.0 Å². The van der Waals surface area contributed by atoms with Gasteiger partial charge in [0.2, 0.25) is 0 Å². The van der Waals surface area contributed by atoms with Crippen molar-refractivity contribution in [1.29, 1.82) is 0 Å². The zero-order valence-corrected chi connectivity index (χ0v) is 19.0. The summed E-state index contributed by atoms with van der Waals surface area (Å²) in [4.78, 5) is 52.4. The van der Waals surface area contributed by atoms with Crippen LogP contribution < -0.4 is 0 Å². The molecule has 1 fully saturated rings. The summed E-state index contributed by atoms with van der Waals surface area (Å²) >= 11 is 0. The molecule has 4 rings (SSSR count). The third-order valence-corrected chi connectivity index (χ3v) is 7.87. The molecule has 0 aliphatic carbocycles. The van der Waals surface area contributed by atoms with E-state index in [0.717, 1.165) is 10.3 Å². The van der Waals surface area contributed by atoms with Gasteiger partial charge in [-0.15, -0.1) is 0 Å². The van der Waals surface area contributed by atoms with Gasteiger partial charge in [0.25, 0.3) is 17.7 Å². The number of imide groups is 1. The SMILES string of the molecule is CN(C(=O)COC(=O)CCCN1C(=O)c2cccc3cccc(c23)C1=O)C1CCS(=O)(=O)C1. The fourth-order valence-corrected chi connectivity index (χ4v) is 6.04. The number of amides is 3. The van der Waals surface area contributed by atoms with Crippen molar-refractivity contribution in [2.24, 2.45) is 0 Å². The monoisotopic (exact) mass is 472 g/mol. The molecule has 2 heterocycles. The van der Waals surface area contributed by atoms with Crippen LogP contribution in [0.2, 0.25) is 0 Å². The van der Waals surface area contributed by atoms with Crippen molar-refractivity contribution in [3.05, 3.63) is 47.5 Å². The maximum Gasteiger partial charge on any atom is 0.306 e. The maximum atomic E-state index is 12.8. The van der Waals surface area contributed by atoms with Crippen LogP contribution in [0.3, 0.4) is 0 Å². The third kappa shape index (κ3) is 4.61. The van der Waals surface area contributed by atoms with E-state index in [2.05, 4.69) is 0 Å². The van der Waals surface area contributed by atoms with Gasteiger partial charge in [0, 0.05) is 42.6 Å². The number of esters is 1. The van der Waals surface area contributed by atoms with Gasteiger partial charge in [-0.05, 0) is 30.4 Å². The minimum atomic E-state index is -3.13. The molecule has 174 valence electrons. The Hall–Kier alpha value is -3.27. The molecule has 10 heteroatoms. The third-order valence-electron chi connectivity index (χ3n) is 6.12. The Kier molecular flexibility index (Phi) is 6.20. The molecule has 3 amide bonds. The van der Waals surface area contributed by atoms with Crippen molar-refractivity contribution in [3.8, 4) is 0 Å². The molecule has 1 saturated heterocycles. The van der Waals surface area contributed by atoms with Gasteiger partial charge in [-0.3, -0.25) is 24.1 Å². The summed E-state index contributed by atoms with van der Waals surface area (Å²) in [6.07, 6.45) is 0.490. The van der Waals surface area contributed by atoms with E-state index in [1.54, 1.807) is 24.3 Å². The van der Waals surface area contributed by atoms with Crippen molar-refractivity contribution in [2.75, 3.05) is 31.7 Å². The predicted molar refractivity (Wildman–Crippen MR) is 119 cm³/mol. The molecule has 0 bridgehead atoms. The first-order valence-corrected chi connectivity index (χ1v) is 12.5. The Morgan fingerprint density at radius 3 is 2.30 bits per heavy atom. The second-order valence-electron chi connectivity index (χ2n) is 8.30. The number of hydrogen-bond acceptors (Lipinski definition) is 7. The van der Waals surface area contributed by atoms with Gasteiger partial charge in [0.15, 0.2) is 16.4 Å². The van der Waals surface area contributed by atoms with Crippen LogP contribution >= 0.6 is 0 Å². The van der Waals surface area contributed by atoms with Crippen LogP contribution in [0, 0.1) is 0 Å². The number of nitrogens with zero attached hydrogens (tertiary/aromatic N) is 2. The van der Waals surface area contributed by atoms with Crippen LogP contribution in [0.15, 0.2) is 36.4 Å². The Morgan fingerprint density at radius 2 is 1.73 bits per heavy atom. The van der Waals surface area contributed by atoms with Crippen molar-refractivity contribution < 1.29 is 32.3 Å². The average Bonchev–Trinajstić information content (AvgIpc) is 3.16. The molecule has 2 aliphatic heterocycles. The summed E-state index contributed by atoms with van der Waals surface area (Å²) in [5.41, 5.74) is 0.903. The molecule has 0 aromatic heterocycles. The molecular formula is C23H24N2O7S. The number of ether oxygens (including phenoxy) is 1. The van der Waals surface area contributed by atoms with E-state index >= 15 is 0 Å². The highest BCUT2D eigenvalue weighted by Crippen LogP contribution is 2.30. The normalized spacial score (nSPS) is 19.1. The Bertz CT molecular complexity index is 1200. The fraction of sp³-hybridized carbons (Fsp3) is 0.391. The molecular weight excluding hydrogens is 448 g/mol. The highest BCUT2D eigenvalue weighted by Gasteiger charge is 2.34. The summed E-state index contributed by atoms with van der Waals surface area (Å²) in [5.74, 6) is -1.95.